The molecule has 0 N–H and O–H groups in total. The number of rotatable bonds is 3. The quantitative estimate of drug-likeness (QED) is 0.814. The second-order valence-electron chi connectivity index (χ2n) is 4.36. The molecule has 3 nitrogen and oxygen atoms in total. The number of hydrogen-bond acceptors (Lipinski definition) is 4. The summed E-state index contributed by atoms with van der Waals surface area (Å²) in [6.07, 6.45) is 3.89. The topological polar surface area (TPSA) is 33.2 Å². The summed E-state index contributed by atoms with van der Waals surface area (Å²) in [7, 11) is 0. The van der Waals surface area contributed by atoms with Crippen LogP contribution in [0.4, 0.5) is 5.69 Å². The van der Waals surface area contributed by atoms with Crippen molar-refractivity contribution >= 4 is 34.7 Å². The number of aromatic nitrogens is 1. The number of carbonyl (C=O) groups excluding carboxylic acids is 1. The first-order valence-corrected chi connectivity index (χ1v) is 8.12. The Morgan fingerprint density at radius 1 is 1.42 bits per heavy atom. The highest BCUT2D eigenvalue weighted by molar-refractivity contribution is 8.01. The van der Waals surface area contributed by atoms with Crippen LogP contribution < -0.4 is 4.90 Å². The summed E-state index contributed by atoms with van der Waals surface area (Å²) in [6.45, 7) is 0.828. The Labute approximate surface area is 120 Å². The van der Waals surface area contributed by atoms with Crippen LogP contribution in [0.1, 0.15) is 12.0 Å². The fourth-order valence-corrected chi connectivity index (χ4v) is 3.79. The van der Waals surface area contributed by atoms with E-state index in [0.29, 0.717) is 5.75 Å². The van der Waals surface area contributed by atoms with Crippen molar-refractivity contribution < 1.29 is 4.79 Å². The van der Waals surface area contributed by atoms with Gasteiger partial charge in [-0.05, 0) is 24.5 Å². The van der Waals surface area contributed by atoms with E-state index in [2.05, 4.69) is 11.1 Å². The Kier molecular flexibility index (Phi) is 3.84. The summed E-state index contributed by atoms with van der Waals surface area (Å²) in [5.74, 6) is 0.634. The van der Waals surface area contributed by atoms with Crippen molar-refractivity contribution in [3.63, 3.8) is 0 Å². The van der Waals surface area contributed by atoms with Crippen molar-refractivity contribution in [2.45, 2.75) is 17.2 Å². The number of benzene rings is 1. The largest absolute Gasteiger partial charge is 0.311 e. The van der Waals surface area contributed by atoms with Crippen LogP contribution in [0.3, 0.4) is 0 Å². The maximum atomic E-state index is 12.3. The van der Waals surface area contributed by atoms with Crippen molar-refractivity contribution in [3.8, 4) is 0 Å². The molecule has 98 valence electrons. The maximum absolute atomic E-state index is 12.3. The Morgan fingerprint density at radius 2 is 2.32 bits per heavy atom. The van der Waals surface area contributed by atoms with E-state index in [4.69, 9.17) is 0 Å². The number of para-hydroxylation sites is 1. The standard InChI is InChI=1S/C14H14N2OS2/c17-13(10-19-14-15-7-9-18-14)16-8-3-5-11-4-1-2-6-12(11)16/h1-2,4,6-7,9H,3,5,8,10H2. The molecule has 0 bridgehead atoms. The number of hydrogen-bond donors (Lipinski definition) is 0. The van der Waals surface area contributed by atoms with Crippen LogP contribution in [0.5, 0.6) is 0 Å². The van der Waals surface area contributed by atoms with Crippen LogP contribution in [-0.2, 0) is 11.2 Å². The second kappa shape index (κ2) is 5.75. The van der Waals surface area contributed by atoms with Gasteiger partial charge >= 0.3 is 0 Å². The van der Waals surface area contributed by atoms with Gasteiger partial charge in [0, 0.05) is 23.8 Å². The third kappa shape index (κ3) is 2.82. The number of thioether (sulfide) groups is 1. The Bertz CT molecular complexity index is 569. The lowest BCUT2D eigenvalue weighted by Gasteiger charge is -2.29. The molecule has 1 amide bonds. The summed E-state index contributed by atoms with van der Waals surface area (Å²) in [5.41, 5.74) is 2.36. The number of aryl methyl sites for hydroxylation is 1. The van der Waals surface area contributed by atoms with Crippen LogP contribution >= 0.6 is 23.1 Å². The highest BCUT2D eigenvalue weighted by Gasteiger charge is 2.22. The van der Waals surface area contributed by atoms with Crippen LogP contribution in [-0.4, -0.2) is 23.2 Å². The van der Waals surface area contributed by atoms with Gasteiger partial charge in [-0.2, -0.15) is 0 Å². The molecule has 0 radical (unpaired) electrons. The van der Waals surface area contributed by atoms with Crippen LogP contribution in [0, 0.1) is 0 Å². The van der Waals surface area contributed by atoms with Gasteiger partial charge < -0.3 is 4.90 Å². The third-order valence-electron chi connectivity index (χ3n) is 3.14. The predicted molar refractivity (Wildman–Crippen MR) is 80.0 cm³/mol. The number of thiazole rings is 1. The molecule has 0 spiro atoms. The zero-order valence-corrected chi connectivity index (χ0v) is 12.0. The average molecular weight is 290 g/mol. The van der Waals surface area contributed by atoms with Crippen molar-refractivity contribution in [1.82, 2.24) is 4.98 Å². The van der Waals surface area contributed by atoms with E-state index < -0.39 is 0 Å². The molecular weight excluding hydrogens is 276 g/mol. The molecule has 1 aromatic carbocycles. The van der Waals surface area contributed by atoms with Gasteiger partial charge in [0.25, 0.3) is 0 Å². The average Bonchev–Trinajstić information content (AvgIpc) is 2.97. The number of amides is 1. The van der Waals surface area contributed by atoms with E-state index in [0.717, 1.165) is 29.4 Å². The molecule has 5 heteroatoms. The fourth-order valence-electron chi connectivity index (χ4n) is 2.28. The van der Waals surface area contributed by atoms with Gasteiger partial charge in [0.15, 0.2) is 0 Å². The molecule has 19 heavy (non-hydrogen) atoms. The minimum atomic E-state index is 0.173. The summed E-state index contributed by atoms with van der Waals surface area (Å²) in [4.78, 5) is 18.4. The second-order valence-corrected chi connectivity index (χ2v) is 6.48. The van der Waals surface area contributed by atoms with E-state index in [-0.39, 0.29) is 5.91 Å². The van der Waals surface area contributed by atoms with E-state index in [1.807, 2.05) is 28.5 Å². The summed E-state index contributed by atoms with van der Waals surface area (Å²) in [6, 6.07) is 8.19. The number of fused-ring (bicyclic) bond motifs is 1. The lowest BCUT2D eigenvalue weighted by molar-refractivity contribution is -0.116. The minimum absolute atomic E-state index is 0.173. The highest BCUT2D eigenvalue weighted by Crippen LogP contribution is 2.28. The number of nitrogens with zero attached hydrogens (tertiary/aromatic N) is 2. The Balaban J connectivity index is 1.71. The molecule has 0 saturated carbocycles. The van der Waals surface area contributed by atoms with Gasteiger partial charge in [-0.25, -0.2) is 4.98 Å². The first-order valence-electron chi connectivity index (χ1n) is 6.25. The van der Waals surface area contributed by atoms with Crippen molar-refractivity contribution in [1.29, 1.82) is 0 Å². The third-order valence-corrected chi connectivity index (χ3v) is 5.09. The number of anilines is 1. The van der Waals surface area contributed by atoms with Gasteiger partial charge in [-0.1, -0.05) is 30.0 Å². The van der Waals surface area contributed by atoms with Crippen LogP contribution in [0.25, 0.3) is 0 Å². The minimum Gasteiger partial charge on any atom is -0.311 e. The molecule has 2 aromatic rings. The molecule has 3 rings (SSSR count). The lowest BCUT2D eigenvalue weighted by Crippen LogP contribution is -2.36. The van der Waals surface area contributed by atoms with Crippen LogP contribution in [0.15, 0.2) is 40.2 Å². The molecule has 0 unspecified atom stereocenters. The smallest absolute Gasteiger partial charge is 0.237 e. The van der Waals surface area contributed by atoms with E-state index in [1.165, 1.54) is 17.3 Å². The highest BCUT2D eigenvalue weighted by atomic mass is 32.2. The summed E-state index contributed by atoms with van der Waals surface area (Å²) < 4.78 is 0.957. The first-order chi connectivity index (χ1) is 9.34. The molecule has 0 fully saturated rings. The molecule has 2 heterocycles. The summed E-state index contributed by atoms with van der Waals surface area (Å²) in [5, 5.41) is 1.93. The van der Waals surface area contributed by atoms with Crippen molar-refractivity contribution in [3.05, 3.63) is 41.4 Å². The van der Waals surface area contributed by atoms with Crippen molar-refractivity contribution in [2.24, 2.45) is 0 Å². The Morgan fingerprint density at radius 3 is 3.16 bits per heavy atom. The molecule has 1 aliphatic heterocycles. The molecule has 1 aliphatic rings. The molecule has 0 atom stereocenters. The van der Waals surface area contributed by atoms with Gasteiger partial charge in [0.1, 0.15) is 4.34 Å². The fraction of sp³-hybridized carbons (Fsp3) is 0.286. The van der Waals surface area contributed by atoms with Gasteiger partial charge in [0.2, 0.25) is 5.91 Å². The zero-order chi connectivity index (χ0) is 13.1. The molecule has 0 saturated heterocycles. The van der Waals surface area contributed by atoms with Crippen molar-refractivity contribution in [2.75, 3.05) is 17.2 Å². The lowest BCUT2D eigenvalue weighted by atomic mass is 10.0. The van der Waals surface area contributed by atoms with E-state index in [9.17, 15) is 4.79 Å². The zero-order valence-electron chi connectivity index (χ0n) is 10.4. The van der Waals surface area contributed by atoms with Gasteiger partial charge in [-0.3, -0.25) is 4.79 Å². The van der Waals surface area contributed by atoms with Crippen LogP contribution in [0.2, 0.25) is 0 Å². The number of carbonyl (C=O) groups is 1. The van der Waals surface area contributed by atoms with Gasteiger partial charge in [0.05, 0.1) is 5.75 Å². The molecular formula is C14H14N2OS2. The monoisotopic (exact) mass is 290 g/mol. The Hall–Kier alpha value is -1.33. The summed E-state index contributed by atoms with van der Waals surface area (Å²) >= 11 is 3.10. The molecule has 1 aromatic heterocycles. The van der Waals surface area contributed by atoms with Gasteiger partial charge in [-0.15, -0.1) is 11.3 Å². The first kappa shape index (κ1) is 12.7. The maximum Gasteiger partial charge on any atom is 0.237 e. The van der Waals surface area contributed by atoms with E-state index in [1.54, 1.807) is 17.5 Å². The predicted octanol–water partition coefficient (Wildman–Crippen LogP) is 3.21. The molecule has 0 aliphatic carbocycles. The normalized spacial score (nSPS) is 14.2. The van der Waals surface area contributed by atoms with E-state index >= 15 is 0 Å². The SMILES string of the molecule is O=C(CSc1nccs1)N1CCCc2ccccc21.